The van der Waals surface area contributed by atoms with E-state index in [1.54, 1.807) is 6.92 Å². The summed E-state index contributed by atoms with van der Waals surface area (Å²) in [7, 11) is 0. The van der Waals surface area contributed by atoms with Crippen molar-refractivity contribution in [2.45, 2.75) is 13.1 Å². The normalized spacial score (nSPS) is 12.6. The Morgan fingerprint density at radius 2 is 2.04 bits per heavy atom. The molecule has 0 spiro atoms. The Bertz CT molecular complexity index is 734. The number of carbonyl (C=O) groups is 1. The van der Waals surface area contributed by atoms with Crippen LogP contribution in [0.25, 0.3) is 6.08 Å². The smallest absolute Gasteiger partial charge is 0.313 e. The lowest BCUT2D eigenvalue weighted by atomic mass is 10.1. The first-order chi connectivity index (χ1) is 10.9. The van der Waals surface area contributed by atoms with Gasteiger partial charge in [0, 0.05) is 6.08 Å². The molecular formula is C16H12F3NO2S. The molecule has 0 saturated carbocycles. The second kappa shape index (κ2) is 7.23. The van der Waals surface area contributed by atoms with Gasteiger partial charge >= 0.3 is 12.1 Å². The average molecular weight is 339 g/mol. The largest absolute Gasteiger partial charge is 0.416 e. The molecular weight excluding hydrogens is 327 g/mol. The number of carbonyl (C=O) groups excluding carboxylic acids is 1. The van der Waals surface area contributed by atoms with Crippen molar-refractivity contribution in [3.63, 3.8) is 0 Å². The number of rotatable bonds is 4. The molecule has 7 heteroatoms. The zero-order valence-corrected chi connectivity index (χ0v) is 12.8. The Morgan fingerprint density at radius 3 is 2.70 bits per heavy atom. The summed E-state index contributed by atoms with van der Waals surface area (Å²) in [6, 6.07) is 8.31. The molecule has 0 amide bonds. The minimum Gasteiger partial charge on any atom is -0.313 e. The fourth-order valence-electron chi connectivity index (χ4n) is 1.66. The van der Waals surface area contributed by atoms with E-state index < -0.39 is 17.7 Å². The van der Waals surface area contributed by atoms with E-state index in [9.17, 15) is 18.0 Å². The van der Waals surface area contributed by atoms with Crippen molar-refractivity contribution in [3.8, 4) is 0 Å². The Labute approximate surface area is 134 Å². The number of benzene rings is 1. The molecule has 0 N–H and O–H groups in total. The van der Waals surface area contributed by atoms with Gasteiger partial charge in [-0.15, -0.1) is 11.3 Å². The molecule has 0 fully saturated rings. The van der Waals surface area contributed by atoms with Crippen LogP contribution < -0.4 is 0 Å². The Morgan fingerprint density at radius 1 is 1.26 bits per heavy atom. The van der Waals surface area contributed by atoms with E-state index in [0.29, 0.717) is 5.71 Å². The predicted molar refractivity (Wildman–Crippen MR) is 83.1 cm³/mol. The molecule has 3 nitrogen and oxygen atoms in total. The second-order valence-corrected chi connectivity index (χ2v) is 5.47. The number of alkyl halides is 3. The van der Waals surface area contributed by atoms with E-state index in [-0.39, 0.29) is 5.56 Å². The lowest BCUT2D eigenvalue weighted by Gasteiger charge is -2.06. The van der Waals surface area contributed by atoms with Crippen molar-refractivity contribution in [2.24, 2.45) is 5.16 Å². The molecule has 0 atom stereocenters. The summed E-state index contributed by atoms with van der Waals surface area (Å²) in [5.74, 6) is -0.765. The van der Waals surface area contributed by atoms with Gasteiger partial charge in [-0.3, -0.25) is 0 Å². The second-order valence-electron chi connectivity index (χ2n) is 4.52. The van der Waals surface area contributed by atoms with Crippen LogP contribution >= 0.6 is 11.3 Å². The molecule has 0 bridgehead atoms. The van der Waals surface area contributed by atoms with E-state index in [1.807, 2.05) is 17.5 Å². The van der Waals surface area contributed by atoms with Gasteiger partial charge in [0.2, 0.25) is 0 Å². The van der Waals surface area contributed by atoms with Gasteiger partial charge < -0.3 is 4.84 Å². The fraction of sp³-hybridized carbons (Fsp3) is 0.125. The van der Waals surface area contributed by atoms with Crippen molar-refractivity contribution in [3.05, 3.63) is 63.9 Å². The van der Waals surface area contributed by atoms with Crippen LogP contribution in [0.3, 0.4) is 0 Å². The third kappa shape index (κ3) is 5.07. The number of halogens is 3. The summed E-state index contributed by atoms with van der Waals surface area (Å²) >= 11 is 1.45. The van der Waals surface area contributed by atoms with Crippen molar-refractivity contribution < 1.29 is 22.8 Å². The van der Waals surface area contributed by atoms with Crippen molar-refractivity contribution in [2.75, 3.05) is 0 Å². The van der Waals surface area contributed by atoms with E-state index in [4.69, 9.17) is 4.84 Å². The third-order valence-electron chi connectivity index (χ3n) is 2.78. The van der Waals surface area contributed by atoms with Gasteiger partial charge in [0.25, 0.3) is 0 Å². The van der Waals surface area contributed by atoms with Crippen molar-refractivity contribution in [1.82, 2.24) is 0 Å². The fourth-order valence-corrected chi connectivity index (χ4v) is 2.32. The van der Waals surface area contributed by atoms with Crippen LogP contribution in [-0.4, -0.2) is 11.7 Å². The molecule has 1 heterocycles. The number of oxime groups is 1. The van der Waals surface area contributed by atoms with E-state index in [2.05, 4.69) is 5.16 Å². The maximum atomic E-state index is 12.6. The van der Waals surface area contributed by atoms with Gasteiger partial charge in [0.15, 0.2) is 0 Å². The summed E-state index contributed by atoms with van der Waals surface area (Å²) in [6.45, 7) is 1.69. The first kappa shape index (κ1) is 17.0. The van der Waals surface area contributed by atoms with Crippen LogP contribution in [-0.2, 0) is 15.8 Å². The highest BCUT2D eigenvalue weighted by Crippen LogP contribution is 2.29. The van der Waals surface area contributed by atoms with Gasteiger partial charge in [-0.2, -0.15) is 13.2 Å². The quantitative estimate of drug-likeness (QED) is 0.349. The molecule has 2 rings (SSSR count). The highest BCUT2D eigenvalue weighted by atomic mass is 32.1. The highest BCUT2D eigenvalue weighted by Gasteiger charge is 2.30. The lowest BCUT2D eigenvalue weighted by Crippen LogP contribution is -2.04. The summed E-state index contributed by atoms with van der Waals surface area (Å²) in [4.78, 5) is 17.1. The Balaban J connectivity index is 2.00. The lowest BCUT2D eigenvalue weighted by molar-refractivity contribution is -0.138. The van der Waals surface area contributed by atoms with Crippen LogP contribution in [0.2, 0.25) is 0 Å². The van der Waals surface area contributed by atoms with Gasteiger partial charge in [-0.25, -0.2) is 4.79 Å². The molecule has 0 aliphatic rings. The first-order valence-corrected chi connectivity index (χ1v) is 7.39. The molecule has 0 aliphatic heterocycles. The molecule has 23 heavy (non-hydrogen) atoms. The highest BCUT2D eigenvalue weighted by molar-refractivity contribution is 7.12. The van der Waals surface area contributed by atoms with Crippen LogP contribution in [0.5, 0.6) is 0 Å². The minimum atomic E-state index is -4.42. The standard InChI is InChI=1S/C16H12F3NO2S/c1-11(14-6-3-9-23-14)20-22-15(21)8-7-12-4-2-5-13(10-12)16(17,18)19/h2-10H,1H3. The maximum Gasteiger partial charge on any atom is 0.416 e. The van der Waals surface area contributed by atoms with E-state index in [0.717, 1.165) is 23.1 Å². The monoisotopic (exact) mass is 339 g/mol. The molecule has 0 saturated heterocycles. The topological polar surface area (TPSA) is 38.7 Å². The van der Waals surface area contributed by atoms with Gasteiger partial charge in [-0.1, -0.05) is 23.4 Å². The Kier molecular flexibility index (Phi) is 5.33. The average Bonchev–Trinajstić information content (AvgIpc) is 3.04. The SMILES string of the molecule is CC(=NOC(=O)C=Cc1cccc(C(F)(F)F)c1)c1cccs1. The van der Waals surface area contributed by atoms with E-state index >= 15 is 0 Å². The molecule has 0 radical (unpaired) electrons. The zero-order chi connectivity index (χ0) is 16.9. The van der Waals surface area contributed by atoms with Crippen LogP contribution in [0.1, 0.15) is 22.9 Å². The number of hydrogen-bond donors (Lipinski definition) is 0. The molecule has 2 aromatic rings. The third-order valence-corrected chi connectivity index (χ3v) is 3.75. The first-order valence-electron chi connectivity index (χ1n) is 6.51. The van der Waals surface area contributed by atoms with Gasteiger partial charge in [0.1, 0.15) is 0 Å². The van der Waals surface area contributed by atoms with Crippen LogP contribution in [0.15, 0.2) is 53.0 Å². The minimum absolute atomic E-state index is 0.246. The summed E-state index contributed by atoms with van der Waals surface area (Å²) in [5.41, 5.74) is 0.0103. The molecule has 1 aromatic carbocycles. The molecule has 1 aromatic heterocycles. The predicted octanol–water partition coefficient (Wildman–Crippen LogP) is 4.75. The number of thiophene rings is 1. The van der Waals surface area contributed by atoms with Crippen molar-refractivity contribution in [1.29, 1.82) is 0 Å². The molecule has 0 aliphatic carbocycles. The zero-order valence-electron chi connectivity index (χ0n) is 12.0. The molecule has 120 valence electrons. The van der Waals surface area contributed by atoms with Crippen LogP contribution in [0, 0.1) is 0 Å². The number of hydrogen-bond acceptors (Lipinski definition) is 4. The van der Waals surface area contributed by atoms with Crippen molar-refractivity contribution >= 4 is 29.1 Å². The van der Waals surface area contributed by atoms with Crippen LogP contribution in [0.4, 0.5) is 13.2 Å². The summed E-state index contributed by atoms with van der Waals surface area (Å²) in [5, 5.41) is 5.55. The summed E-state index contributed by atoms with van der Waals surface area (Å²) < 4.78 is 37.7. The maximum absolute atomic E-state index is 12.6. The van der Waals surface area contributed by atoms with E-state index in [1.165, 1.54) is 29.5 Å². The molecule has 0 unspecified atom stereocenters. The number of nitrogens with zero attached hydrogens (tertiary/aromatic N) is 1. The summed E-state index contributed by atoms with van der Waals surface area (Å²) in [6.07, 6.45) is -2.15. The van der Waals surface area contributed by atoms with Gasteiger partial charge in [0.05, 0.1) is 16.2 Å². The Hall–Kier alpha value is -2.41. The van der Waals surface area contributed by atoms with Gasteiger partial charge in [-0.05, 0) is 42.1 Å².